The van der Waals surface area contributed by atoms with E-state index in [1.807, 2.05) is 18.4 Å². The Morgan fingerprint density at radius 1 is 1.56 bits per heavy atom. The molecule has 1 N–H and O–H groups in total. The molecule has 0 aliphatic rings. The molecule has 18 heavy (non-hydrogen) atoms. The second-order valence-electron chi connectivity index (χ2n) is 3.75. The van der Waals surface area contributed by atoms with E-state index in [4.69, 9.17) is 5.11 Å². The zero-order chi connectivity index (χ0) is 13.0. The summed E-state index contributed by atoms with van der Waals surface area (Å²) in [5.74, 6) is 5.47. The van der Waals surface area contributed by atoms with Crippen molar-refractivity contribution in [3.8, 4) is 11.8 Å². The number of aromatic nitrogens is 2. The monoisotopic (exact) mass is 260 g/mol. The van der Waals surface area contributed by atoms with Crippen LogP contribution in [-0.2, 0) is 6.54 Å². The van der Waals surface area contributed by atoms with Gasteiger partial charge in [0.2, 0.25) is 0 Å². The van der Waals surface area contributed by atoms with Gasteiger partial charge in [0, 0.05) is 16.5 Å². The molecule has 0 amide bonds. The molecule has 0 atom stereocenters. The normalized spacial score (nSPS) is 9.89. The number of hydrogen-bond donors (Lipinski definition) is 1. The summed E-state index contributed by atoms with van der Waals surface area (Å²) in [5.41, 5.74) is 1.57. The highest BCUT2D eigenvalue weighted by Gasteiger charge is 2.05. The second kappa shape index (κ2) is 5.63. The minimum atomic E-state index is -0.169. The molecule has 0 radical (unpaired) electrons. The summed E-state index contributed by atoms with van der Waals surface area (Å²) in [7, 11) is 0. The summed E-state index contributed by atoms with van der Waals surface area (Å²) in [6, 6.07) is 3.43. The molecule has 0 aliphatic heterocycles. The van der Waals surface area contributed by atoms with Gasteiger partial charge < -0.3 is 5.11 Å². The molecule has 2 heterocycles. The predicted octanol–water partition coefficient (Wildman–Crippen LogP) is 1.01. The SMILES string of the molecule is Cc1cnn(Cc2sccc2C#CCO)c(=O)c1. The zero-order valence-electron chi connectivity index (χ0n) is 9.88. The Labute approximate surface area is 109 Å². The third-order valence-electron chi connectivity index (χ3n) is 2.35. The third-order valence-corrected chi connectivity index (χ3v) is 3.25. The number of rotatable bonds is 2. The van der Waals surface area contributed by atoms with Gasteiger partial charge in [0.25, 0.3) is 5.56 Å². The van der Waals surface area contributed by atoms with Gasteiger partial charge in [-0.25, -0.2) is 4.68 Å². The standard InChI is InChI=1S/C13H12N2O2S/c1-10-7-13(17)15(14-8-10)9-12-11(3-2-5-16)4-6-18-12/h4,6-8,16H,5,9H2,1H3. The average molecular weight is 260 g/mol. The maximum Gasteiger partial charge on any atom is 0.267 e. The first kappa shape index (κ1) is 12.6. The molecule has 2 aromatic heterocycles. The van der Waals surface area contributed by atoms with E-state index >= 15 is 0 Å². The van der Waals surface area contributed by atoms with Crippen LogP contribution in [0.5, 0.6) is 0 Å². The summed E-state index contributed by atoms with van der Waals surface area (Å²) < 4.78 is 1.41. The van der Waals surface area contributed by atoms with Gasteiger partial charge >= 0.3 is 0 Å². The van der Waals surface area contributed by atoms with Crippen LogP contribution >= 0.6 is 11.3 Å². The number of aliphatic hydroxyl groups is 1. The Bertz CT molecular complexity index is 661. The molecular formula is C13H12N2O2S. The highest BCUT2D eigenvalue weighted by Crippen LogP contribution is 2.16. The van der Waals surface area contributed by atoms with E-state index in [0.717, 1.165) is 16.0 Å². The molecule has 0 saturated heterocycles. The topological polar surface area (TPSA) is 55.1 Å². The number of aryl methyl sites for hydroxylation is 1. The Morgan fingerprint density at radius 2 is 2.39 bits per heavy atom. The Hall–Kier alpha value is -1.90. The lowest BCUT2D eigenvalue weighted by atomic mass is 10.2. The summed E-state index contributed by atoms with van der Waals surface area (Å²) in [4.78, 5) is 12.7. The van der Waals surface area contributed by atoms with Gasteiger partial charge in [-0.15, -0.1) is 11.3 Å². The van der Waals surface area contributed by atoms with Crippen LogP contribution in [-0.4, -0.2) is 21.5 Å². The van der Waals surface area contributed by atoms with Crippen LogP contribution < -0.4 is 5.56 Å². The summed E-state index contributed by atoms with van der Waals surface area (Å²) in [6.45, 7) is 2.08. The molecule has 92 valence electrons. The first-order valence-electron chi connectivity index (χ1n) is 5.40. The molecule has 2 aromatic rings. The minimum Gasteiger partial charge on any atom is -0.384 e. The molecule has 0 aliphatic carbocycles. The van der Waals surface area contributed by atoms with Gasteiger partial charge in [0.1, 0.15) is 6.61 Å². The van der Waals surface area contributed by atoms with Gasteiger partial charge in [-0.05, 0) is 23.9 Å². The third kappa shape index (κ3) is 2.86. The van der Waals surface area contributed by atoms with Crippen molar-refractivity contribution < 1.29 is 5.11 Å². The summed E-state index contributed by atoms with van der Waals surface area (Å²) >= 11 is 1.52. The quantitative estimate of drug-likeness (QED) is 0.820. The van der Waals surface area contributed by atoms with E-state index < -0.39 is 0 Å². The Morgan fingerprint density at radius 3 is 3.11 bits per heavy atom. The second-order valence-corrected chi connectivity index (χ2v) is 4.75. The van der Waals surface area contributed by atoms with E-state index in [-0.39, 0.29) is 12.2 Å². The molecule has 4 nitrogen and oxygen atoms in total. The molecule has 0 unspecified atom stereocenters. The molecule has 0 aromatic carbocycles. The van der Waals surface area contributed by atoms with E-state index in [0.29, 0.717) is 6.54 Å². The molecule has 0 bridgehead atoms. The predicted molar refractivity (Wildman–Crippen MR) is 70.6 cm³/mol. The van der Waals surface area contributed by atoms with Crippen molar-refractivity contribution in [2.45, 2.75) is 13.5 Å². The molecule has 0 saturated carbocycles. The van der Waals surface area contributed by atoms with E-state index in [2.05, 4.69) is 16.9 Å². The van der Waals surface area contributed by atoms with Crippen LogP contribution in [0.25, 0.3) is 0 Å². The first-order valence-corrected chi connectivity index (χ1v) is 6.28. The highest BCUT2D eigenvalue weighted by atomic mass is 32.1. The van der Waals surface area contributed by atoms with E-state index in [1.165, 1.54) is 16.0 Å². The largest absolute Gasteiger partial charge is 0.384 e. The van der Waals surface area contributed by atoms with Crippen molar-refractivity contribution in [3.05, 3.63) is 50.1 Å². The first-order chi connectivity index (χ1) is 8.70. The van der Waals surface area contributed by atoms with Gasteiger partial charge in [0.15, 0.2) is 0 Å². The molecule has 5 heteroatoms. The van der Waals surface area contributed by atoms with Crippen molar-refractivity contribution in [1.82, 2.24) is 9.78 Å². The van der Waals surface area contributed by atoms with Crippen molar-refractivity contribution in [2.75, 3.05) is 6.61 Å². The number of aliphatic hydroxyl groups excluding tert-OH is 1. The van der Waals surface area contributed by atoms with Crippen LogP contribution in [0, 0.1) is 18.8 Å². The highest BCUT2D eigenvalue weighted by molar-refractivity contribution is 7.10. The molecule has 0 spiro atoms. The number of thiophene rings is 1. The van der Waals surface area contributed by atoms with Crippen molar-refractivity contribution >= 4 is 11.3 Å². The van der Waals surface area contributed by atoms with Gasteiger partial charge in [-0.1, -0.05) is 11.8 Å². The Kier molecular flexibility index (Phi) is 3.92. The fourth-order valence-electron chi connectivity index (χ4n) is 1.49. The van der Waals surface area contributed by atoms with Crippen molar-refractivity contribution in [3.63, 3.8) is 0 Å². The lowest BCUT2D eigenvalue weighted by Crippen LogP contribution is -2.22. The van der Waals surface area contributed by atoms with Gasteiger partial charge in [-0.3, -0.25) is 4.79 Å². The molecule has 2 rings (SSSR count). The lowest BCUT2D eigenvalue weighted by Gasteiger charge is -2.03. The van der Waals surface area contributed by atoms with Gasteiger partial charge in [-0.2, -0.15) is 5.10 Å². The van der Waals surface area contributed by atoms with Crippen LogP contribution in [0.4, 0.5) is 0 Å². The van der Waals surface area contributed by atoms with E-state index in [1.54, 1.807) is 12.3 Å². The zero-order valence-corrected chi connectivity index (χ0v) is 10.7. The van der Waals surface area contributed by atoms with Crippen LogP contribution in [0.15, 0.2) is 28.5 Å². The number of nitrogens with zero attached hydrogens (tertiary/aromatic N) is 2. The molecular weight excluding hydrogens is 248 g/mol. The smallest absolute Gasteiger partial charge is 0.267 e. The minimum absolute atomic E-state index is 0.121. The Balaban J connectivity index is 2.29. The number of hydrogen-bond acceptors (Lipinski definition) is 4. The van der Waals surface area contributed by atoms with Gasteiger partial charge in [0.05, 0.1) is 12.7 Å². The fourth-order valence-corrected chi connectivity index (χ4v) is 2.30. The fraction of sp³-hybridized carbons (Fsp3) is 0.231. The summed E-state index contributed by atoms with van der Waals surface area (Å²) in [6.07, 6.45) is 1.66. The van der Waals surface area contributed by atoms with E-state index in [9.17, 15) is 4.79 Å². The van der Waals surface area contributed by atoms with Crippen LogP contribution in [0.2, 0.25) is 0 Å². The average Bonchev–Trinajstić information content (AvgIpc) is 2.77. The van der Waals surface area contributed by atoms with Crippen molar-refractivity contribution in [2.24, 2.45) is 0 Å². The lowest BCUT2D eigenvalue weighted by molar-refractivity contribution is 0.350. The maximum atomic E-state index is 11.7. The van der Waals surface area contributed by atoms with Crippen molar-refractivity contribution in [1.29, 1.82) is 0 Å². The molecule has 0 fully saturated rings. The maximum absolute atomic E-state index is 11.7. The van der Waals surface area contributed by atoms with Crippen LogP contribution in [0.3, 0.4) is 0 Å². The summed E-state index contributed by atoms with van der Waals surface area (Å²) in [5, 5.41) is 14.7. The van der Waals surface area contributed by atoms with Crippen LogP contribution in [0.1, 0.15) is 16.0 Å².